The van der Waals surface area contributed by atoms with Crippen molar-refractivity contribution in [3.05, 3.63) is 66.5 Å². The van der Waals surface area contributed by atoms with Crippen molar-refractivity contribution in [2.24, 2.45) is 0 Å². The Kier molecular flexibility index (Phi) is 4.15. The van der Waals surface area contributed by atoms with E-state index in [2.05, 4.69) is 53.3 Å². The molecule has 0 fully saturated rings. The van der Waals surface area contributed by atoms with Crippen LogP contribution in [0.25, 0.3) is 22.5 Å². The summed E-state index contributed by atoms with van der Waals surface area (Å²) in [5.41, 5.74) is 4.69. The lowest BCUT2D eigenvalue weighted by Gasteiger charge is -2.05. The highest BCUT2D eigenvalue weighted by atomic mass is 16.3. The van der Waals surface area contributed by atoms with Gasteiger partial charge in [0.1, 0.15) is 0 Å². The largest absolute Gasteiger partial charge is 0.505 e. The van der Waals surface area contributed by atoms with Gasteiger partial charge in [0, 0.05) is 5.56 Å². The number of rotatable bonds is 4. The molecule has 0 aliphatic rings. The molecule has 0 aliphatic carbocycles. The summed E-state index contributed by atoms with van der Waals surface area (Å²) >= 11 is 0. The standard InChI is InChI=1S/C19H18N2O/c1-2-3-14-4-6-15(7-5-14)16-8-10-17(11-9-16)19-20-12-18(22)13-21-19/h4-13,22H,2-3H2,1H3. The maximum absolute atomic E-state index is 9.23. The molecular weight excluding hydrogens is 272 g/mol. The predicted octanol–water partition coefficient (Wildman–Crippen LogP) is 4.47. The van der Waals surface area contributed by atoms with E-state index in [0.717, 1.165) is 12.0 Å². The van der Waals surface area contributed by atoms with Gasteiger partial charge >= 0.3 is 0 Å². The molecule has 0 atom stereocenters. The van der Waals surface area contributed by atoms with E-state index < -0.39 is 0 Å². The molecule has 22 heavy (non-hydrogen) atoms. The highest BCUT2D eigenvalue weighted by Crippen LogP contribution is 2.24. The van der Waals surface area contributed by atoms with Crippen LogP contribution in [-0.2, 0) is 6.42 Å². The molecule has 3 nitrogen and oxygen atoms in total. The summed E-state index contributed by atoms with van der Waals surface area (Å²) in [6, 6.07) is 16.9. The molecule has 0 saturated carbocycles. The van der Waals surface area contributed by atoms with E-state index in [1.807, 2.05) is 12.1 Å². The van der Waals surface area contributed by atoms with Crippen LogP contribution in [0.5, 0.6) is 5.75 Å². The summed E-state index contributed by atoms with van der Waals surface area (Å²) in [6.07, 6.45) is 5.10. The van der Waals surface area contributed by atoms with E-state index in [1.165, 1.54) is 35.5 Å². The Morgan fingerprint density at radius 1 is 0.773 bits per heavy atom. The number of aromatic nitrogens is 2. The molecule has 1 N–H and O–H groups in total. The van der Waals surface area contributed by atoms with Gasteiger partial charge in [-0.05, 0) is 23.1 Å². The Balaban J connectivity index is 1.83. The van der Waals surface area contributed by atoms with E-state index in [-0.39, 0.29) is 5.75 Å². The second-order valence-corrected chi connectivity index (χ2v) is 5.29. The number of nitrogens with zero attached hydrogens (tertiary/aromatic N) is 2. The zero-order valence-corrected chi connectivity index (χ0v) is 12.5. The topological polar surface area (TPSA) is 46.0 Å². The Morgan fingerprint density at radius 2 is 1.27 bits per heavy atom. The van der Waals surface area contributed by atoms with Crippen molar-refractivity contribution in [1.29, 1.82) is 0 Å². The maximum Gasteiger partial charge on any atom is 0.159 e. The van der Waals surface area contributed by atoms with Crippen molar-refractivity contribution in [2.75, 3.05) is 0 Å². The zero-order chi connectivity index (χ0) is 15.4. The van der Waals surface area contributed by atoms with Gasteiger partial charge in [0.15, 0.2) is 11.6 Å². The third-order valence-electron chi connectivity index (χ3n) is 3.61. The van der Waals surface area contributed by atoms with E-state index in [1.54, 1.807) is 0 Å². The van der Waals surface area contributed by atoms with E-state index in [0.29, 0.717) is 5.82 Å². The van der Waals surface area contributed by atoms with Crippen molar-refractivity contribution < 1.29 is 5.11 Å². The van der Waals surface area contributed by atoms with Crippen LogP contribution >= 0.6 is 0 Å². The first kappa shape index (κ1) is 14.3. The number of hydrogen-bond donors (Lipinski definition) is 1. The highest BCUT2D eigenvalue weighted by Gasteiger charge is 2.03. The molecule has 2 aromatic carbocycles. The first-order valence-corrected chi connectivity index (χ1v) is 7.47. The fraction of sp³-hybridized carbons (Fsp3) is 0.158. The van der Waals surface area contributed by atoms with Gasteiger partial charge in [-0.15, -0.1) is 0 Å². The molecule has 0 radical (unpaired) electrons. The Bertz CT molecular complexity index is 732. The van der Waals surface area contributed by atoms with Gasteiger partial charge in [0.25, 0.3) is 0 Å². The van der Waals surface area contributed by atoms with Crippen molar-refractivity contribution in [2.45, 2.75) is 19.8 Å². The fourth-order valence-electron chi connectivity index (χ4n) is 2.43. The quantitative estimate of drug-likeness (QED) is 0.771. The lowest BCUT2D eigenvalue weighted by molar-refractivity contribution is 0.470. The lowest BCUT2D eigenvalue weighted by Crippen LogP contribution is -1.88. The van der Waals surface area contributed by atoms with E-state index in [9.17, 15) is 5.11 Å². The second kappa shape index (κ2) is 6.39. The number of hydrogen-bond acceptors (Lipinski definition) is 3. The van der Waals surface area contributed by atoms with Gasteiger partial charge in [-0.3, -0.25) is 0 Å². The highest BCUT2D eigenvalue weighted by molar-refractivity contribution is 5.67. The van der Waals surface area contributed by atoms with Crippen LogP contribution in [0.1, 0.15) is 18.9 Å². The van der Waals surface area contributed by atoms with Crippen molar-refractivity contribution in [1.82, 2.24) is 9.97 Å². The molecule has 1 aromatic heterocycles. The van der Waals surface area contributed by atoms with Crippen LogP contribution in [0.4, 0.5) is 0 Å². The van der Waals surface area contributed by atoms with Crippen LogP contribution < -0.4 is 0 Å². The molecule has 0 unspecified atom stereocenters. The van der Waals surface area contributed by atoms with Gasteiger partial charge in [0.05, 0.1) is 12.4 Å². The van der Waals surface area contributed by atoms with Crippen LogP contribution in [0.15, 0.2) is 60.9 Å². The summed E-state index contributed by atoms with van der Waals surface area (Å²) in [6.45, 7) is 2.19. The zero-order valence-electron chi connectivity index (χ0n) is 12.5. The summed E-state index contributed by atoms with van der Waals surface area (Å²) in [5.74, 6) is 0.690. The molecule has 0 bridgehead atoms. The van der Waals surface area contributed by atoms with Gasteiger partial charge < -0.3 is 5.11 Å². The average molecular weight is 290 g/mol. The maximum atomic E-state index is 9.23. The van der Waals surface area contributed by atoms with E-state index in [4.69, 9.17) is 0 Å². The molecule has 3 rings (SSSR count). The SMILES string of the molecule is CCCc1ccc(-c2ccc(-c3ncc(O)cn3)cc2)cc1. The van der Waals surface area contributed by atoms with Crippen LogP contribution in [0.3, 0.4) is 0 Å². The third-order valence-corrected chi connectivity index (χ3v) is 3.61. The van der Waals surface area contributed by atoms with E-state index >= 15 is 0 Å². The van der Waals surface area contributed by atoms with Crippen LogP contribution in [0, 0.1) is 0 Å². The minimum Gasteiger partial charge on any atom is -0.505 e. The first-order chi connectivity index (χ1) is 10.8. The number of aromatic hydroxyl groups is 1. The normalized spacial score (nSPS) is 10.6. The molecule has 0 saturated heterocycles. The minimum absolute atomic E-state index is 0.0764. The average Bonchev–Trinajstić information content (AvgIpc) is 2.57. The van der Waals surface area contributed by atoms with Gasteiger partial charge in [-0.1, -0.05) is 61.9 Å². The van der Waals surface area contributed by atoms with Crippen molar-refractivity contribution >= 4 is 0 Å². The van der Waals surface area contributed by atoms with Crippen LogP contribution in [0.2, 0.25) is 0 Å². The summed E-state index contributed by atoms with van der Waals surface area (Å²) in [4.78, 5) is 8.24. The first-order valence-electron chi connectivity index (χ1n) is 7.47. The summed E-state index contributed by atoms with van der Waals surface area (Å²) in [5, 5.41) is 9.23. The second-order valence-electron chi connectivity index (χ2n) is 5.29. The number of aryl methyl sites for hydroxylation is 1. The monoisotopic (exact) mass is 290 g/mol. The molecule has 0 amide bonds. The van der Waals surface area contributed by atoms with Gasteiger partial charge in [-0.2, -0.15) is 0 Å². The Labute approximate surface area is 130 Å². The summed E-state index contributed by atoms with van der Waals surface area (Å²) < 4.78 is 0. The third kappa shape index (κ3) is 3.14. The molecular formula is C19H18N2O. The Hall–Kier alpha value is -2.68. The minimum atomic E-state index is 0.0764. The van der Waals surface area contributed by atoms with Gasteiger partial charge in [-0.25, -0.2) is 9.97 Å². The molecule has 0 aliphatic heterocycles. The van der Waals surface area contributed by atoms with Gasteiger partial charge in [0.2, 0.25) is 0 Å². The molecule has 3 heteroatoms. The molecule has 1 heterocycles. The lowest BCUT2D eigenvalue weighted by atomic mass is 10.0. The molecule has 0 spiro atoms. The predicted molar refractivity (Wildman–Crippen MR) is 88.6 cm³/mol. The smallest absolute Gasteiger partial charge is 0.159 e. The van der Waals surface area contributed by atoms with Crippen molar-refractivity contribution in [3.63, 3.8) is 0 Å². The molecule has 3 aromatic rings. The van der Waals surface area contributed by atoms with Crippen LogP contribution in [-0.4, -0.2) is 15.1 Å². The number of benzene rings is 2. The fourth-order valence-corrected chi connectivity index (χ4v) is 2.43. The Morgan fingerprint density at radius 3 is 1.82 bits per heavy atom. The molecule has 110 valence electrons. The van der Waals surface area contributed by atoms with Crippen molar-refractivity contribution in [3.8, 4) is 28.3 Å². The summed E-state index contributed by atoms with van der Waals surface area (Å²) in [7, 11) is 0.